The Bertz CT molecular complexity index is 1310. The van der Waals surface area contributed by atoms with Gasteiger partial charge in [0, 0.05) is 16.9 Å². The highest BCUT2D eigenvalue weighted by Gasteiger charge is 2.32. The second kappa shape index (κ2) is 11.1. The van der Waals surface area contributed by atoms with Gasteiger partial charge in [-0.05, 0) is 74.9 Å². The second-order valence-corrected chi connectivity index (χ2v) is 11.6. The fourth-order valence-electron chi connectivity index (χ4n) is 3.70. The Hall–Kier alpha value is -3.49. The van der Waals surface area contributed by atoms with E-state index in [1.807, 2.05) is 31.2 Å². The van der Waals surface area contributed by atoms with Crippen molar-refractivity contribution >= 4 is 33.0 Å². The zero-order valence-corrected chi connectivity index (χ0v) is 21.8. The van der Waals surface area contributed by atoms with E-state index in [4.69, 9.17) is 0 Å². The molecule has 0 unspecified atom stereocenters. The Morgan fingerprint density at radius 1 is 0.917 bits per heavy atom. The van der Waals surface area contributed by atoms with Crippen LogP contribution in [-0.2, 0) is 21.1 Å². The molecule has 0 spiro atoms. The first-order chi connectivity index (χ1) is 17.0. The van der Waals surface area contributed by atoms with Crippen LogP contribution in [0.5, 0.6) is 0 Å². The third-order valence-electron chi connectivity index (χ3n) is 5.93. The van der Waals surface area contributed by atoms with Crippen molar-refractivity contribution in [1.82, 2.24) is 0 Å². The second-order valence-electron chi connectivity index (χ2n) is 9.30. The van der Waals surface area contributed by atoms with Gasteiger partial charge in [0.1, 0.15) is 0 Å². The summed E-state index contributed by atoms with van der Waals surface area (Å²) in [5.74, 6) is -0.508. The Balaban J connectivity index is 1.71. The minimum atomic E-state index is -3.29. The van der Waals surface area contributed by atoms with Gasteiger partial charge in [-0.25, -0.2) is 8.42 Å². The van der Waals surface area contributed by atoms with Gasteiger partial charge < -0.3 is 15.3 Å². The molecule has 0 saturated heterocycles. The van der Waals surface area contributed by atoms with Crippen LogP contribution in [0.4, 0.5) is 11.4 Å². The van der Waals surface area contributed by atoms with Gasteiger partial charge in [-0.2, -0.15) is 0 Å². The number of hydrogen-bond donors (Lipinski definition) is 2. The van der Waals surface area contributed by atoms with E-state index in [1.54, 1.807) is 62.1 Å². The number of anilines is 2. The summed E-state index contributed by atoms with van der Waals surface area (Å²) in [6, 6.07) is 20.4. The van der Waals surface area contributed by atoms with Gasteiger partial charge in [-0.15, -0.1) is 0 Å². The Morgan fingerprint density at radius 3 is 2.03 bits per heavy atom. The fourth-order valence-corrected chi connectivity index (χ4v) is 4.59. The maximum Gasteiger partial charge on any atom is 0.258 e. The molecule has 0 radical (unpaired) electrons. The molecule has 0 heterocycles. The van der Waals surface area contributed by atoms with Crippen molar-refractivity contribution in [3.05, 3.63) is 89.5 Å². The average Bonchev–Trinajstić information content (AvgIpc) is 2.86. The number of amides is 2. The van der Waals surface area contributed by atoms with E-state index in [1.165, 1.54) is 12.1 Å². The molecule has 0 aliphatic carbocycles. The van der Waals surface area contributed by atoms with Gasteiger partial charge in [-0.1, -0.05) is 36.8 Å². The summed E-state index contributed by atoms with van der Waals surface area (Å²) < 4.78 is 23.9. The van der Waals surface area contributed by atoms with Crippen LogP contribution >= 0.6 is 0 Å². The first-order valence-corrected chi connectivity index (χ1v) is 13.4. The monoisotopic (exact) mass is 508 g/mol. The fraction of sp³-hybridized carbons (Fsp3) is 0.286. The van der Waals surface area contributed by atoms with Crippen molar-refractivity contribution in [2.75, 3.05) is 22.6 Å². The maximum absolute atomic E-state index is 13.4. The van der Waals surface area contributed by atoms with Gasteiger partial charge >= 0.3 is 0 Å². The molecule has 0 aliphatic rings. The van der Waals surface area contributed by atoms with Gasteiger partial charge in [0.15, 0.2) is 9.84 Å². The first-order valence-electron chi connectivity index (χ1n) is 11.7. The summed E-state index contributed by atoms with van der Waals surface area (Å²) in [6.07, 6.45) is 0.0824. The standard InChI is InChI=1S/C28H32N2O5S/c1-5-36(34,35)25-16-8-21(9-17-25)18-26(32)29-23-12-10-22(11-13-23)27(33)30(28(3,4)19-31)24-14-6-20(2)7-15-24/h6-17,31H,5,18-19H2,1-4H3,(H,29,32). The van der Waals surface area contributed by atoms with Crippen LogP contribution in [0, 0.1) is 6.92 Å². The summed E-state index contributed by atoms with van der Waals surface area (Å²) >= 11 is 0. The number of aliphatic hydroxyl groups excluding tert-OH is 1. The molecule has 190 valence electrons. The van der Waals surface area contributed by atoms with Crippen LogP contribution in [0.25, 0.3) is 0 Å². The van der Waals surface area contributed by atoms with E-state index in [9.17, 15) is 23.1 Å². The summed E-state index contributed by atoms with van der Waals surface area (Å²) in [4.78, 5) is 27.7. The highest BCUT2D eigenvalue weighted by Crippen LogP contribution is 2.27. The molecule has 0 fully saturated rings. The van der Waals surface area contributed by atoms with E-state index in [0.29, 0.717) is 22.5 Å². The van der Waals surface area contributed by atoms with E-state index < -0.39 is 15.4 Å². The lowest BCUT2D eigenvalue weighted by molar-refractivity contribution is -0.115. The molecule has 0 aliphatic heterocycles. The predicted molar refractivity (Wildman–Crippen MR) is 142 cm³/mol. The number of rotatable bonds is 9. The lowest BCUT2D eigenvalue weighted by Gasteiger charge is -2.37. The molecule has 2 N–H and O–H groups in total. The van der Waals surface area contributed by atoms with Crippen LogP contribution in [0.15, 0.2) is 77.7 Å². The number of aryl methyl sites for hydroxylation is 1. The Morgan fingerprint density at radius 2 is 1.50 bits per heavy atom. The smallest absolute Gasteiger partial charge is 0.258 e. The SMILES string of the molecule is CCS(=O)(=O)c1ccc(CC(=O)Nc2ccc(C(=O)N(c3ccc(C)cc3)C(C)(C)CO)cc2)cc1. The Kier molecular flexibility index (Phi) is 8.32. The van der Waals surface area contributed by atoms with E-state index >= 15 is 0 Å². The summed E-state index contributed by atoms with van der Waals surface area (Å²) in [6.45, 7) is 6.92. The van der Waals surface area contributed by atoms with Crippen molar-refractivity contribution in [2.45, 2.75) is 44.6 Å². The lowest BCUT2D eigenvalue weighted by Crippen LogP contribution is -2.50. The average molecular weight is 509 g/mol. The van der Waals surface area contributed by atoms with Crippen molar-refractivity contribution in [3.63, 3.8) is 0 Å². The van der Waals surface area contributed by atoms with Gasteiger partial charge in [0.25, 0.3) is 5.91 Å². The number of aliphatic hydroxyl groups is 1. The molecule has 3 rings (SSSR count). The van der Waals surface area contributed by atoms with Crippen molar-refractivity contribution in [1.29, 1.82) is 0 Å². The molecule has 7 nitrogen and oxygen atoms in total. The molecule has 3 aromatic carbocycles. The first kappa shape index (κ1) is 27.1. The minimum Gasteiger partial charge on any atom is -0.394 e. The number of nitrogens with one attached hydrogen (secondary N) is 1. The van der Waals surface area contributed by atoms with Crippen molar-refractivity contribution < 1.29 is 23.1 Å². The minimum absolute atomic E-state index is 0.0195. The lowest BCUT2D eigenvalue weighted by atomic mass is 10.0. The quantitative estimate of drug-likeness (QED) is 0.446. The number of carbonyl (C=O) groups excluding carboxylic acids is 2. The maximum atomic E-state index is 13.4. The molecular formula is C28H32N2O5S. The molecule has 2 amide bonds. The predicted octanol–water partition coefficient (Wildman–Crippen LogP) is 4.39. The van der Waals surface area contributed by atoms with Crippen molar-refractivity contribution in [2.24, 2.45) is 0 Å². The Labute approximate surface area is 212 Å². The largest absolute Gasteiger partial charge is 0.394 e. The molecule has 0 saturated carbocycles. The molecule has 0 aromatic heterocycles. The van der Waals surface area contributed by atoms with Crippen LogP contribution in [0.1, 0.15) is 42.3 Å². The molecule has 36 heavy (non-hydrogen) atoms. The van der Waals surface area contributed by atoms with Gasteiger partial charge in [-0.3, -0.25) is 9.59 Å². The van der Waals surface area contributed by atoms with Crippen LogP contribution in [0.3, 0.4) is 0 Å². The van der Waals surface area contributed by atoms with Crippen molar-refractivity contribution in [3.8, 4) is 0 Å². The van der Waals surface area contributed by atoms with Crippen LogP contribution in [-0.4, -0.2) is 43.2 Å². The molecule has 0 atom stereocenters. The van der Waals surface area contributed by atoms with E-state index in [0.717, 1.165) is 5.56 Å². The molecule has 8 heteroatoms. The van der Waals surface area contributed by atoms with Gasteiger partial charge in [0.05, 0.1) is 29.2 Å². The molecular weight excluding hydrogens is 476 g/mol. The summed E-state index contributed by atoms with van der Waals surface area (Å²) in [5, 5.41) is 12.7. The summed E-state index contributed by atoms with van der Waals surface area (Å²) in [7, 11) is -3.29. The highest BCUT2D eigenvalue weighted by molar-refractivity contribution is 7.91. The normalized spacial score (nSPS) is 11.7. The van der Waals surface area contributed by atoms with Gasteiger partial charge in [0.2, 0.25) is 5.91 Å². The number of hydrogen-bond acceptors (Lipinski definition) is 5. The highest BCUT2D eigenvalue weighted by atomic mass is 32.2. The van der Waals surface area contributed by atoms with E-state index in [2.05, 4.69) is 5.32 Å². The number of sulfone groups is 1. The number of carbonyl (C=O) groups is 2. The van der Waals surface area contributed by atoms with Crippen LogP contribution in [0.2, 0.25) is 0 Å². The number of benzene rings is 3. The third kappa shape index (κ3) is 6.38. The molecule has 3 aromatic rings. The van der Waals surface area contributed by atoms with E-state index in [-0.39, 0.29) is 35.5 Å². The topological polar surface area (TPSA) is 104 Å². The summed E-state index contributed by atoms with van der Waals surface area (Å²) in [5.41, 5.74) is 2.56. The third-order valence-corrected chi connectivity index (χ3v) is 7.68. The molecule has 0 bridgehead atoms. The van der Waals surface area contributed by atoms with Crippen LogP contribution < -0.4 is 10.2 Å². The zero-order valence-electron chi connectivity index (χ0n) is 21.0. The zero-order chi connectivity index (χ0) is 26.5. The number of nitrogens with zero attached hydrogens (tertiary/aromatic N) is 1.